The van der Waals surface area contributed by atoms with Crippen molar-refractivity contribution in [3.05, 3.63) is 29.6 Å². The number of benzene rings is 1. The van der Waals surface area contributed by atoms with Crippen molar-refractivity contribution in [3.63, 3.8) is 0 Å². The number of nitrogens with two attached hydrogens (primary N) is 1. The van der Waals surface area contributed by atoms with E-state index in [1.54, 1.807) is 19.1 Å². The SMILES string of the molecule is Cc1cccc(OC2CC(C)(C)CCC2N)c1F. The zero-order chi connectivity index (χ0) is 13.3. The van der Waals surface area contributed by atoms with Gasteiger partial charge in [0, 0.05) is 6.04 Å². The Morgan fingerprint density at radius 1 is 1.39 bits per heavy atom. The van der Waals surface area contributed by atoms with Gasteiger partial charge in [-0.15, -0.1) is 0 Å². The zero-order valence-electron chi connectivity index (χ0n) is 11.4. The molecule has 2 N–H and O–H groups in total. The van der Waals surface area contributed by atoms with E-state index in [1.165, 1.54) is 0 Å². The molecule has 0 amide bonds. The molecule has 0 saturated heterocycles. The molecule has 2 atom stereocenters. The van der Waals surface area contributed by atoms with Crippen LogP contribution >= 0.6 is 0 Å². The van der Waals surface area contributed by atoms with Crippen LogP contribution in [0.25, 0.3) is 0 Å². The summed E-state index contributed by atoms with van der Waals surface area (Å²) in [5.41, 5.74) is 6.92. The van der Waals surface area contributed by atoms with E-state index in [9.17, 15) is 4.39 Å². The van der Waals surface area contributed by atoms with Crippen LogP contribution in [0.15, 0.2) is 18.2 Å². The van der Waals surface area contributed by atoms with Crippen LogP contribution < -0.4 is 10.5 Å². The number of rotatable bonds is 2. The fraction of sp³-hybridized carbons (Fsp3) is 0.600. The summed E-state index contributed by atoms with van der Waals surface area (Å²) in [4.78, 5) is 0. The second kappa shape index (κ2) is 4.88. The van der Waals surface area contributed by atoms with Crippen molar-refractivity contribution in [2.75, 3.05) is 0 Å². The topological polar surface area (TPSA) is 35.2 Å². The molecule has 0 spiro atoms. The van der Waals surface area contributed by atoms with E-state index >= 15 is 0 Å². The molecular formula is C15H22FNO. The third-order valence-electron chi connectivity index (χ3n) is 3.82. The molecule has 3 heteroatoms. The van der Waals surface area contributed by atoms with E-state index in [-0.39, 0.29) is 23.4 Å². The zero-order valence-corrected chi connectivity index (χ0v) is 11.4. The molecule has 2 rings (SSSR count). The lowest BCUT2D eigenvalue weighted by Gasteiger charge is -2.39. The Kier molecular flexibility index (Phi) is 3.62. The van der Waals surface area contributed by atoms with Crippen LogP contribution in [0.2, 0.25) is 0 Å². The standard InChI is InChI=1S/C15H22FNO/c1-10-5-4-6-12(14(10)16)18-13-9-15(2,3)8-7-11(13)17/h4-6,11,13H,7-9,17H2,1-3H3. The Bertz CT molecular complexity index is 431. The Hall–Kier alpha value is -1.09. The van der Waals surface area contributed by atoms with Crippen LogP contribution in [0, 0.1) is 18.2 Å². The van der Waals surface area contributed by atoms with Crippen LogP contribution in [0.4, 0.5) is 4.39 Å². The minimum Gasteiger partial charge on any atom is -0.486 e. The third-order valence-corrected chi connectivity index (χ3v) is 3.82. The van der Waals surface area contributed by atoms with Gasteiger partial charge >= 0.3 is 0 Å². The smallest absolute Gasteiger partial charge is 0.167 e. The molecule has 2 nitrogen and oxygen atoms in total. The van der Waals surface area contributed by atoms with Gasteiger partial charge in [0.15, 0.2) is 11.6 Å². The molecule has 100 valence electrons. The van der Waals surface area contributed by atoms with Crippen molar-refractivity contribution in [2.24, 2.45) is 11.1 Å². The maximum atomic E-state index is 13.9. The van der Waals surface area contributed by atoms with Crippen LogP contribution in [0.5, 0.6) is 5.75 Å². The van der Waals surface area contributed by atoms with E-state index in [0.717, 1.165) is 19.3 Å². The molecule has 1 fully saturated rings. The van der Waals surface area contributed by atoms with Crippen LogP contribution in [0.1, 0.15) is 38.7 Å². The molecule has 1 aromatic carbocycles. The largest absolute Gasteiger partial charge is 0.486 e. The molecule has 18 heavy (non-hydrogen) atoms. The minimum absolute atomic E-state index is 0.00191. The van der Waals surface area contributed by atoms with Crippen molar-refractivity contribution in [1.82, 2.24) is 0 Å². The summed E-state index contributed by atoms with van der Waals surface area (Å²) >= 11 is 0. The first-order chi connectivity index (χ1) is 8.39. The Balaban J connectivity index is 2.15. The number of aryl methyl sites for hydroxylation is 1. The molecule has 0 aromatic heterocycles. The van der Waals surface area contributed by atoms with Gasteiger partial charge in [-0.05, 0) is 43.2 Å². The number of halogens is 1. The molecule has 0 radical (unpaired) electrons. The van der Waals surface area contributed by atoms with Crippen LogP contribution in [-0.4, -0.2) is 12.1 Å². The number of hydrogen-bond donors (Lipinski definition) is 1. The van der Waals surface area contributed by atoms with Gasteiger partial charge in [-0.2, -0.15) is 0 Å². The summed E-state index contributed by atoms with van der Waals surface area (Å²) in [5.74, 6) is 0.0567. The summed E-state index contributed by atoms with van der Waals surface area (Å²) in [7, 11) is 0. The summed E-state index contributed by atoms with van der Waals surface area (Å²) in [6.07, 6.45) is 2.82. The normalized spacial score (nSPS) is 26.9. The predicted molar refractivity (Wildman–Crippen MR) is 71.2 cm³/mol. The highest BCUT2D eigenvalue weighted by atomic mass is 19.1. The van der Waals surface area contributed by atoms with Crippen molar-refractivity contribution < 1.29 is 9.13 Å². The maximum absolute atomic E-state index is 13.9. The van der Waals surface area contributed by atoms with E-state index in [2.05, 4.69) is 13.8 Å². The number of hydrogen-bond acceptors (Lipinski definition) is 2. The van der Waals surface area contributed by atoms with E-state index in [0.29, 0.717) is 11.3 Å². The fourth-order valence-electron chi connectivity index (χ4n) is 2.55. The second-order valence-electron chi connectivity index (χ2n) is 6.11. The van der Waals surface area contributed by atoms with Gasteiger partial charge in [0.2, 0.25) is 0 Å². The molecule has 2 unspecified atom stereocenters. The molecule has 0 bridgehead atoms. The van der Waals surface area contributed by atoms with Gasteiger partial charge < -0.3 is 10.5 Å². The highest BCUT2D eigenvalue weighted by Gasteiger charge is 2.34. The Morgan fingerprint density at radius 2 is 2.11 bits per heavy atom. The van der Waals surface area contributed by atoms with Gasteiger partial charge in [-0.1, -0.05) is 26.0 Å². The molecular weight excluding hydrogens is 229 g/mol. The average Bonchev–Trinajstić information content (AvgIpc) is 2.29. The summed E-state index contributed by atoms with van der Waals surface area (Å²) in [6.45, 7) is 6.16. The lowest BCUT2D eigenvalue weighted by Crippen LogP contribution is -2.46. The van der Waals surface area contributed by atoms with Crippen molar-refractivity contribution in [2.45, 2.75) is 52.2 Å². The van der Waals surface area contributed by atoms with Crippen molar-refractivity contribution >= 4 is 0 Å². The third kappa shape index (κ3) is 2.83. The minimum atomic E-state index is -0.270. The van der Waals surface area contributed by atoms with Crippen molar-refractivity contribution in [1.29, 1.82) is 0 Å². The van der Waals surface area contributed by atoms with Gasteiger partial charge in [0.05, 0.1) is 0 Å². The molecule has 1 aliphatic rings. The fourth-order valence-corrected chi connectivity index (χ4v) is 2.55. The maximum Gasteiger partial charge on any atom is 0.167 e. The van der Waals surface area contributed by atoms with Gasteiger partial charge in [-0.3, -0.25) is 0 Å². The Morgan fingerprint density at radius 3 is 2.83 bits per heavy atom. The molecule has 1 aromatic rings. The van der Waals surface area contributed by atoms with Crippen molar-refractivity contribution in [3.8, 4) is 5.75 Å². The van der Waals surface area contributed by atoms with E-state index < -0.39 is 0 Å². The van der Waals surface area contributed by atoms with Crippen LogP contribution in [0.3, 0.4) is 0 Å². The quantitative estimate of drug-likeness (QED) is 0.874. The van der Waals surface area contributed by atoms with Gasteiger partial charge in [-0.25, -0.2) is 4.39 Å². The lowest BCUT2D eigenvalue weighted by molar-refractivity contribution is 0.0638. The first-order valence-corrected chi connectivity index (χ1v) is 6.56. The summed E-state index contributed by atoms with van der Waals surface area (Å²) in [5, 5.41) is 0. The summed E-state index contributed by atoms with van der Waals surface area (Å²) in [6, 6.07) is 5.23. The predicted octanol–water partition coefficient (Wildman–Crippen LogP) is 3.42. The molecule has 1 saturated carbocycles. The molecule has 1 aliphatic carbocycles. The van der Waals surface area contributed by atoms with Crippen LogP contribution in [-0.2, 0) is 0 Å². The Labute approximate surface area is 108 Å². The molecule has 0 heterocycles. The van der Waals surface area contributed by atoms with Gasteiger partial charge in [0.1, 0.15) is 6.10 Å². The number of ether oxygens (including phenoxy) is 1. The average molecular weight is 251 g/mol. The first-order valence-electron chi connectivity index (χ1n) is 6.56. The van der Waals surface area contributed by atoms with E-state index in [4.69, 9.17) is 10.5 Å². The highest BCUT2D eigenvalue weighted by Crippen LogP contribution is 2.37. The first kappa shape index (κ1) is 13.3. The second-order valence-corrected chi connectivity index (χ2v) is 6.11. The highest BCUT2D eigenvalue weighted by molar-refractivity contribution is 5.30. The lowest BCUT2D eigenvalue weighted by atomic mass is 9.74. The van der Waals surface area contributed by atoms with E-state index in [1.807, 2.05) is 6.07 Å². The molecule has 0 aliphatic heterocycles. The van der Waals surface area contributed by atoms with Gasteiger partial charge in [0.25, 0.3) is 0 Å². The monoisotopic (exact) mass is 251 g/mol. The summed E-state index contributed by atoms with van der Waals surface area (Å²) < 4.78 is 19.7.